The Kier molecular flexibility index (Phi) is 8.24. The number of nitrogens with one attached hydrogen (secondary N) is 1. The fraction of sp³-hybridized carbons (Fsp3) is 0.300. The zero-order valence-corrected chi connectivity index (χ0v) is 16.8. The fourth-order valence-corrected chi connectivity index (χ4v) is 4.43. The highest BCUT2D eigenvalue weighted by Crippen LogP contribution is 2.42. The number of rotatable bonds is 11. The molecule has 0 aliphatic heterocycles. The van der Waals surface area contributed by atoms with E-state index in [9.17, 15) is 24.2 Å². The first-order valence-electron chi connectivity index (χ1n) is 8.96. The van der Waals surface area contributed by atoms with Gasteiger partial charge in [0.15, 0.2) is 8.03 Å². The van der Waals surface area contributed by atoms with Crippen LogP contribution in [0.15, 0.2) is 54.6 Å². The van der Waals surface area contributed by atoms with Crippen molar-refractivity contribution in [1.82, 2.24) is 0 Å². The average Bonchev–Trinajstić information content (AvgIpc) is 2.70. The van der Waals surface area contributed by atoms with Gasteiger partial charge in [-0.3, -0.25) is 14.2 Å². The van der Waals surface area contributed by atoms with Crippen LogP contribution >= 0.6 is 8.03 Å². The van der Waals surface area contributed by atoms with Gasteiger partial charge in [0.1, 0.15) is 5.75 Å². The summed E-state index contributed by atoms with van der Waals surface area (Å²) in [6.07, 6.45) is -0.668. The molecule has 0 saturated carbocycles. The van der Waals surface area contributed by atoms with Gasteiger partial charge in [0.2, 0.25) is 0 Å². The van der Waals surface area contributed by atoms with Crippen LogP contribution in [-0.4, -0.2) is 39.8 Å². The highest BCUT2D eigenvalue weighted by atomic mass is 31.1. The van der Waals surface area contributed by atoms with Crippen LogP contribution < -0.4 is 10.1 Å². The van der Waals surface area contributed by atoms with Crippen LogP contribution in [0.1, 0.15) is 24.4 Å². The van der Waals surface area contributed by atoms with Gasteiger partial charge >= 0.3 is 11.9 Å². The Labute approximate surface area is 169 Å². The molecule has 0 aliphatic rings. The van der Waals surface area contributed by atoms with Gasteiger partial charge in [0.25, 0.3) is 0 Å². The number of carboxylic acid groups (broad SMARTS) is 2. The number of methoxy groups -OCH3 is 1. The maximum absolute atomic E-state index is 12.3. The summed E-state index contributed by atoms with van der Waals surface area (Å²) in [6.45, 7) is 0. The molecule has 0 fully saturated rings. The summed E-state index contributed by atoms with van der Waals surface area (Å²) in [5.74, 6) is -3.22. The summed E-state index contributed by atoms with van der Waals surface area (Å²) in [4.78, 5) is 32.9. The van der Waals surface area contributed by atoms with Crippen molar-refractivity contribution in [2.24, 2.45) is 5.92 Å². The quantitative estimate of drug-likeness (QED) is 0.407. The van der Waals surface area contributed by atoms with Crippen molar-refractivity contribution in [3.8, 4) is 5.75 Å². The second-order valence-electron chi connectivity index (χ2n) is 6.51. The Hall–Kier alpha value is -2.83. The van der Waals surface area contributed by atoms with Gasteiger partial charge in [-0.2, -0.15) is 0 Å². The Morgan fingerprint density at radius 1 is 1.10 bits per heavy atom. The van der Waals surface area contributed by atoms with Crippen LogP contribution in [0.5, 0.6) is 5.75 Å². The second kappa shape index (κ2) is 10.6. The third-order valence-corrected chi connectivity index (χ3v) is 5.92. The molecule has 0 heterocycles. The second-order valence-corrected chi connectivity index (χ2v) is 7.85. The van der Waals surface area contributed by atoms with Gasteiger partial charge in [-0.15, -0.1) is 0 Å². The number of carbonyl (C=O) groups is 2. The van der Waals surface area contributed by atoms with E-state index in [1.54, 1.807) is 54.6 Å². The first-order chi connectivity index (χ1) is 13.8. The van der Waals surface area contributed by atoms with Crippen LogP contribution in [-0.2, 0) is 14.2 Å². The summed E-state index contributed by atoms with van der Waals surface area (Å²) in [7, 11) is -1.85. The summed E-state index contributed by atoms with van der Waals surface area (Å²) >= 11 is 0. The maximum Gasteiger partial charge on any atom is 0.307 e. The lowest BCUT2D eigenvalue weighted by Crippen LogP contribution is -2.35. The molecule has 0 spiro atoms. The molecule has 0 aromatic heterocycles. The standard InChI is InChI=1S/C20H24NO7P/c1-28-15-9-5-8-14(12-15)21-18(13-6-3-2-4-7-13)19(29(26)27)16(20(24)25)10-11-17(22)23/h2-9,12,16,18-19,21,29H,10-11H2,1H3,(H,22,23)(H,24,25)(H,26,27). The number of aliphatic carboxylic acids is 2. The van der Waals surface area contributed by atoms with E-state index in [-0.39, 0.29) is 6.42 Å². The third kappa shape index (κ3) is 6.34. The van der Waals surface area contributed by atoms with Crippen LogP contribution in [0.4, 0.5) is 5.69 Å². The molecule has 29 heavy (non-hydrogen) atoms. The van der Waals surface area contributed by atoms with Gasteiger partial charge in [-0.25, -0.2) is 0 Å². The van der Waals surface area contributed by atoms with E-state index in [1.165, 1.54) is 7.11 Å². The van der Waals surface area contributed by atoms with Crippen molar-refractivity contribution in [2.45, 2.75) is 24.5 Å². The summed E-state index contributed by atoms with van der Waals surface area (Å²) in [5, 5.41) is 21.8. The molecule has 0 aliphatic carbocycles. The molecular formula is C20H24NO7P. The Balaban J connectivity index is 2.48. The van der Waals surface area contributed by atoms with Crippen molar-refractivity contribution < 1.29 is 34.0 Å². The van der Waals surface area contributed by atoms with Gasteiger partial charge in [-0.05, 0) is 24.1 Å². The Morgan fingerprint density at radius 2 is 1.79 bits per heavy atom. The number of ether oxygens (including phenoxy) is 1. The van der Waals surface area contributed by atoms with Crippen molar-refractivity contribution in [1.29, 1.82) is 0 Å². The fourth-order valence-electron chi connectivity index (χ4n) is 3.22. The summed E-state index contributed by atoms with van der Waals surface area (Å²) in [6, 6.07) is 14.8. The third-order valence-electron chi connectivity index (χ3n) is 4.61. The van der Waals surface area contributed by atoms with E-state index in [1.807, 2.05) is 0 Å². The first-order valence-corrected chi connectivity index (χ1v) is 10.4. The lowest BCUT2D eigenvalue weighted by atomic mass is 9.90. The van der Waals surface area contributed by atoms with E-state index in [4.69, 9.17) is 9.84 Å². The molecule has 156 valence electrons. The molecule has 4 N–H and O–H groups in total. The zero-order valence-electron chi connectivity index (χ0n) is 15.8. The number of hydrogen-bond acceptors (Lipinski definition) is 5. The summed E-state index contributed by atoms with van der Waals surface area (Å²) < 4.78 is 17.5. The van der Waals surface area contributed by atoms with Gasteiger partial charge in [0.05, 0.1) is 24.7 Å². The lowest BCUT2D eigenvalue weighted by molar-refractivity contribution is -0.143. The van der Waals surface area contributed by atoms with Gasteiger partial charge in [0, 0.05) is 18.2 Å². The minimum atomic E-state index is -3.36. The Morgan fingerprint density at radius 3 is 2.34 bits per heavy atom. The minimum absolute atomic E-state index is 0.255. The Bertz CT molecular complexity index is 859. The zero-order chi connectivity index (χ0) is 21.4. The van der Waals surface area contributed by atoms with Crippen LogP contribution in [0.25, 0.3) is 0 Å². The number of hydrogen-bond donors (Lipinski definition) is 4. The molecule has 0 amide bonds. The molecular weight excluding hydrogens is 397 g/mol. The van der Waals surface area contributed by atoms with Gasteiger partial charge in [-0.1, -0.05) is 36.4 Å². The van der Waals surface area contributed by atoms with E-state index in [0.29, 0.717) is 17.0 Å². The molecule has 0 radical (unpaired) electrons. The van der Waals surface area contributed by atoms with Crippen LogP contribution in [0.2, 0.25) is 0 Å². The molecule has 4 unspecified atom stereocenters. The van der Waals surface area contributed by atoms with E-state index in [2.05, 4.69) is 5.32 Å². The van der Waals surface area contributed by atoms with Crippen molar-refractivity contribution >= 4 is 25.7 Å². The molecule has 2 aromatic rings. The SMILES string of the molecule is COc1cccc(NC(c2ccccc2)C(C(CCC(=O)O)C(=O)O)[PH](=O)O)c1. The average molecular weight is 421 g/mol. The highest BCUT2D eigenvalue weighted by Gasteiger charge is 2.39. The van der Waals surface area contributed by atoms with Crippen molar-refractivity contribution in [2.75, 3.05) is 12.4 Å². The minimum Gasteiger partial charge on any atom is -0.497 e. The van der Waals surface area contributed by atoms with Crippen molar-refractivity contribution in [3.63, 3.8) is 0 Å². The van der Waals surface area contributed by atoms with E-state index >= 15 is 0 Å². The molecule has 0 bridgehead atoms. The largest absolute Gasteiger partial charge is 0.497 e. The summed E-state index contributed by atoms with van der Waals surface area (Å²) in [5.41, 5.74) is -0.0198. The van der Waals surface area contributed by atoms with Gasteiger partial charge < -0.3 is 25.2 Å². The predicted molar refractivity (Wildman–Crippen MR) is 109 cm³/mol. The molecule has 4 atom stereocenters. The van der Waals surface area contributed by atoms with Crippen LogP contribution in [0.3, 0.4) is 0 Å². The number of carboxylic acids is 2. The normalized spacial score (nSPS) is 15.0. The lowest BCUT2D eigenvalue weighted by Gasteiger charge is -2.31. The molecule has 9 heteroatoms. The van der Waals surface area contributed by atoms with E-state index in [0.717, 1.165) is 0 Å². The topological polar surface area (TPSA) is 133 Å². The maximum atomic E-state index is 12.3. The number of anilines is 1. The molecule has 0 saturated heterocycles. The smallest absolute Gasteiger partial charge is 0.307 e. The van der Waals surface area contributed by atoms with E-state index < -0.39 is 44.0 Å². The number of benzene rings is 2. The first kappa shape index (κ1) is 22.5. The van der Waals surface area contributed by atoms with Crippen molar-refractivity contribution in [3.05, 3.63) is 60.2 Å². The van der Waals surface area contributed by atoms with Crippen LogP contribution in [0, 0.1) is 5.92 Å². The molecule has 2 rings (SSSR count). The molecule has 8 nitrogen and oxygen atoms in total. The molecule has 2 aromatic carbocycles. The monoisotopic (exact) mass is 421 g/mol. The highest BCUT2D eigenvalue weighted by molar-refractivity contribution is 7.39. The predicted octanol–water partition coefficient (Wildman–Crippen LogP) is 3.25.